The van der Waals surface area contributed by atoms with E-state index in [1.165, 1.54) is 17.7 Å². The van der Waals surface area contributed by atoms with E-state index in [1.807, 2.05) is 13.1 Å². The molecule has 18 heavy (non-hydrogen) atoms. The van der Waals surface area contributed by atoms with Crippen molar-refractivity contribution in [1.82, 2.24) is 20.3 Å². The molecule has 4 nitrogen and oxygen atoms in total. The van der Waals surface area contributed by atoms with E-state index in [4.69, 9.17) is 11.6 Å². The predicted octanol–water partition coefficient (Wildman–Crippen LogP) is 2.64. The minimum absolute atomic E-state index is 0.828. The molecule has 0 fully saturated rings. The average Bonchev–Trinajstić information content (AvgIpc) is 2.93. The van der Waals surface area contributed by atoms with Crippen molar-refractivity contribution in [3.63, 3.8) is 0 Å². The van der Waals surface area contributed by atoms with Crippen molar-refractivity contribution >= 4 is 22.9 Å². The number of thiophene rings is 1. The molecule has 0 radical (unpaired) electrons. The molecule has 98 valence electrons. The molecule has 2 aromatic heterocycles. The number of aromatic nitrogens is 3. The Balaban J connectivity index is 1.55. The summed E-state index contributed by atoms with van der Waals surface area (Å²) in [5.41, 5.74) is 1.11. The molecule has 2 rings (SSSR count). The Bertz CT molecular complexity index is 480. The molecular formula is C12H17ClN4S. The van der Waals surface area contributed by atoms with Gasteiger partial charge in [0.2, 0.25) is 0 Å². The van der Waals surface area contributed by atoms with Gasteiger partial charge in [-0.2, -0.15) is 0 Å². The van der Waals surface area contributed by atoms with E-state index in [-0.39, 0.29) is 0 Å². The molecule has 0 aliphatic rings. The normalized spacial score (nSPS) is 11.0. The van der Waals surface area contributed by atoms with Gasteiger partial charge in [-0.3, -0.25) is 4.68 Å². The lowest BCUT2D eigenvalue weighted by Gasteiger charge is -2.03. The number of nitrogens with one attached hydrogen (secondary N) is 1. The molecule has 0 saturated carbocycles. The van der Waals surface area contributed by atoms with Crippen molar-refractivity contribution in [3.05, 3.63) is 33.2 Å². The largest absolute Gasteiger partial charge is 0.311 e. The minimum Gasteiger partial charge on any atom is -0.311 e. The summed E-state index contributed by atoms with van der Waals surface area (Å²) in [4.78, 5) is 1.37. The maximum Gasteiger partial charge on any atom is 0.0931 e. The highest BCUT2D eigenvalue weighted by molar-refractivity contribution is 7.16. The summed E-state index contributed by atoms with van der Waals surface area (Å²) < 4.78 is 2.67. The SMILES string of the molecule is Cn1nncc1CNCCCCc1ccc(Cl)s1. The quantitative estimate of drug-likeness (QED) is 0.795. The Kier molecular flexibility index (Phi) is 5.16. The van der Waals surface area contributed by atoms with Gasteiger partial charge in [-0.15, -0.1) is 16.4 Å². The van der Waals surface area contributed by atoms with E-state index in [2.05, 4.69) is 21.7 Å². The van der Waals surface area contributed by atoms with Crippen molar-refractivity contribution in [3.8, 4) is 0 Å². The van der Waals surface area contributed by atoms with Crippen LogP contribution in [-0.2, 0) is 20.0 Å². The van der Waals surface area contributed by atoms with Crippen LogP contribution in [-0.4, -0.2) is 21.5 Å². The highest BCUT2D eigenvalue weighted by atomic mass is 35.5. The molecule has 0 aromatic carbocycles. The van der Waals surface area contributed by atoms with Gasteiger partial charge in [0.05, 0.1) is 16.2 Å². The first-order chi connectivity index (χ1) is 8.75. The molecule has 0 aliphatic carbocycles. The summed E-state index contributed by atoms with van der Waals surface area (Å²) in [5, 5.41) is 11.1. The summed E-state index contributed by atoms with van der Waals surface area (Å²) in [7, 11) is 1.91. The predicted molar refractivity (Wildman–Crippen MR) is 75.0 cm³/mol. The lowest BCUT2D eigenvalue weighted by atomic mass is 10.2. The van der Waals surface area contributed by atoms with E-state index < -0.39 is 0 Å². The van der Waals surface area contributed by atoms with Crippen LogP contribution in [0.15, 0.2) is 18.3 Å². The van der Waals surface area contributed by atoms with E-state index in [9.17, 15) is 0 Å². The van der Waals surface area contributed by atoms with Crippen LogP contribution in [0.4, 0.5) is 0 Å². The average molecular weight is 285 g/mol. The van der Waals surface area contributed by atoms with Crippen LogP contribution in [0, 0.1) is 0 Å². The molecule has 6 heteroatoms. The number of hydrogen-bond acceptors (Lipinski definition) is 4. The highest BCUT2D eigenvalue weighted by Crippen LogP contribution is 2.22. The van der Waals surface area contributed by atoms with Crippen LogP contribution in [0.25, 0.3) is 0 Å². The smallest absolute Gasteiger partial charge is 0.0931 e. The Hall–Kier alpha value is -0.910. The van der Waals surface area contributed by atoms with Crippen LogP contribution >= 0.6 is 22.9 Å². The molecule has 0 atom stereocenters. The van der Waals surface area contributed by atoms with Crippen molar-refractivity contribution in [2.75, 3.05) is 6.54 Å². The van der Waals surface area contributed by atoms with E-state index in [1.54, 1.807) is 22.2 Å². The van der Waals surface area contributed by atoms with Crippen LogP contribution in [0.3, 0.4) is 0 Å². The molecule has 1 N–H and O–H groups in total. The summed E-state index contributed by atoms with van der Waals surface area (Å²) in [6.45, 7) is 1.85. The van der Waals surface area contributed by atoms with Gasteiger partial charge >= 0.3 is 0 Å². The third-order valence-electron chi connectivity index (χ3n) is 2.77. The zero-order valence-corrected chi connectivity index (χ0v) is 12.0. The third kappa shape index (κ3) is 4.08. The number of nitrogens with zero attached hydrogens (tertiary/aromatic N) is 3. The summed E-state index contributed by atoms with van der Waals surface area (Å²) in [5.74, 6) is 0. The van der Waals surface area contributed by atoms with Crippen LogP contribution < -0.4 is 5.32 Å². The van der Waals surface area contributed by atoms with Gasteiger partial charge in [0, 0.05) is 18.5 Å². The number of aryl methyl sites for hydroxylation is 2. The third-order valence-corrected chi connectivity index (χ3v) is 4.06. The topological polar surface area (TPSA) is 42.7 Å². The zero-order chi connectivity index (χ0) is 12.8. The molecular weight excluding hydrogens is 268 g/mol. The number of halogens is 1. The summed E-state index contributed by atoms with van der Waals surface area (Å²) in [6, 6.07) is 4.08. The van der Waals surface area contributed by atoms with E-state index in [0.717, 1.165) is 29.5 Å². The zero-order valence-electron chi connectivity index (χ0n) is 10.4. The first-order valence-corrected chi connectivity index (χ1v) is 7.23. The van der Waals surface area contributed by atoms with Gasteiger partial charge in [-0.05, 0) is 37.9 Å². The first kappa shape index (κ1) is 13.5. The van der Waals surface area contributed by atoms with E-state index in [0.29, 0.717) is 0 Å². The van der Waals surface area contributed by atoms with Gasteiger partial charge in [-0.25, -0.2) is 0 Å². The molecule has 0 saturated heterocycles. The minimum atomic E-state index is 0.828. The van der Waals surface area contributed by atoms with Crippen LogP contribution in [0.5, 0.6) is 0 Å². The highest BCUT2D eigenvalue weighted by Gasteiger charge is 2.00. The van der Waals surface area contributed by atoms with Crippen molar-refractivity contribution < 1.29 is 0 Å². The molecule has 0 spiro atoms. The maximum atomic E-state index is 5.89. The lowest BCUT2D eigenvalue weighted by molar-refractivity contribution is 0.589. The van der Waals surface area contributed by atoms with Gasteiger partial charge < -0.3 is 5.32 Å². The van der Waals surface area contributed by atoms with Crippen molar-refractivity contribution in [2.24, 2.45) is 7.05 Å². The summed E-state index contributed by atoms with van der Waals surface area (Å²) in [6.07, 6.45) is 5.27. The molecule has 0 aliphatic heterocycles. The maximum absolute atomic E-state index is 5.89. The first-order valence-electron chi connectivity index (χ1n) is 6.04. The van der Waals surface area contributed by atoms with E-state index >= 15 is 0 Å². The standard InChI is InChI=1S/C12H17ClN4S/c1-17-10(9-15-16-17)8-14-7-3-2-4-11-5-6-12(13)18-11/h5-6,9,14H,2-4,7-8H2,1H3. The molecule has 0 unspecified atom stereocenters. The fraction of sp³-hybridized carbons (Fsp3) is 0.500. The molecule has 0 bridgehead atoms. The number of unbranched alkanes of at least 4 members (excludes halogenated alkanes) is 1. The van der Waals surface area contributed by atoms with Crippen molar-refractivity contribution in [1.29, 1.82) is 0 Å². The number of hydrogen-bond donors (Lipinski definition) is 1. The Morgan fingerprint density at radius 1 is 1.39 bits per heavy atom. The van der Waals surface area contributed by atoms with Gasteiger partial charge in [0.25, 0.3) is 0 Å². The Morgan fingerprint density at radius 2 is 2.28 bits per heavy atom. The molecule has 2 aromatic rings. The van der Waals surface area contributed by atoms with Crippen molar-refractivity contribution in [2.45, 2.75) is 25.8 Å². The fourth-order valence-corrected chi connectivity index (χ4v) is 2.85. The lowest BCUT2D eigenvalue weighted by Crippen LogP contribution is -2.17. The Labute approximate surface area is 116 Å². The fourth-order valence-electron chi connectivity index (χ4n) is 1.72. The monoisotopic (exact) mass is 284 g/mol. The van der Waals surface area contributed by atoms with Gasteiger partial charge in [0.1, 0.15) is 0 Å². The summed E-state index contributed by atoms with van der Waals surface area (Å²) >= 11 is 7.56. The second kappa shape index (κ2) is 6.87. The molecule has 0 amide bonds. The molecule has 2 heterocycles. The van der Waals surface area contributed by atoms with Gasteiger partial charge in [-0.1, -0.05) is 16.8 Å². The van der Waals surface area contributed by atoms with Crippen LogP contribution in [0.1, 0.15) is 23.4 Å². The number of rotatable bonds is 7. The Morgan fingerprint density at radius 3 is 2.94 bits per heavy atom. The second-order valence-corrected chi connectivity index (χ2v) is 5.99. The van der Waals surface area contributed by atoms with Gasteiger partial charge in [0.15, 0.2) is 0 Å². The van der Waals surface area contributed by atoms with Crippen LogP contribution in [0.2, 0.25) is 4.34 Å². The second-order valence-electron chi connectivity index (χ2n) is 4.19.